The monoisotopic (exact) mass is 265 g/mol. The van der Waals surface area contributed by atoms with E-state index in [1.54, 1.807) is 18.2 Å². The Balaban J connectivity index is 3.02. The number of ether oxygens (including phenoxy) is 2. The van der Waals surface area contributed by atoms with Gasteiger partial charge in [-0.3, -0.25) is 9.59 Å². The van der Waals surface area contributed by atoms with Gasteiger partial charge in [0.2, 0.25) is 0 Å². The molecule has 0 fully saturated rings. The van der Waals surface area contributed by atoms with E-state index in [4.69, 9.17) is 15.2 Å². The third-order valence-corrected chi connectivity index (χ3v) is 3.04. The van der Waals surface area contributed by atoms with Gasteiger partial charge in [-0.2, -0.15) is 0 Å². The topological polar surface area (TPSA) is 78.6 Å². The lowest BCUT2D eigenvalue weighted by molar-refractivity contribution is -0.126. The fourth-order valence-corrected chi connectivity index (χ4v) is 1.66. The zero-order valence-corrected chi connectivity index (χ0v) is 11.4. The van der Waals surface area contributed by atoms with Gasteiger partial charge >= 0.3 is 0 Å². The predicted molar refractivity (Wildman–Crippen MR) is 71.4 cm³/mol. The summed E-state index contributed by atoms with van der Waals surface area (Å²) < 4.78 is 10.6. The van der Waals surface area contributed by atoms with E-state index >= 15 is 0 Å². The minimum absolute atomic E-state index is 0.0286. The summed E-state index contributed by atoms with van der Waals surface area (Å²) in [6, 6.07) is 4.81. The molecule has 104 valence electrons. The second-order valence-electron chi connectivity index (χ2n) is 4.35. The van der Waals surface area contributed by atoms with Crippen molar-refractivity contribution in [1.29, 1.82) is 0 Å². The van der Waals surface area contributed by atoms with Gasteiger partial charge in [0.1, 0.15) is 11.5 Å². The maximum atomic E-state index is 11.4. The Morgan fingerprint density at radius 1 is 1.47 bits per heavy atom. The molecule has 5 heteroatoms. The summed E-state index contributed by atoms with van der Waals surface area (Å²) in [5.74, 6) is 0.314. The van der Waals surface area contributed by atoms with Gasteiger partial charge in [0.25, 0.3) is 5.91 Å². The maximum Gasteiger partial charge on any atom is 0.258 e. The number of primary amides is 1. The van der Waals surface area contributed by atoms with E-state index in [9.17, 15) is 9.59 Å². The average molecular weight is 265 g/mol. The predicted octanol–water partition coefficient (Wildman–Crippen LogP) is 1.79. The van der Waals surface area contributed by atoms with E-state index in [2.05, 4.69) is 0 Å². The van der Waals surface area contributed by atoms with Crippen LogP contribution in [-0.4, -0.2) is 25.4 Å². The molecule has 1 amide bonds. The van der Waals surface area contributed by atoms with Crippen molar-refractivity contribution in [3.63, 3.8) is 0 Å². The molecule has 2 atom stereocenters. The summed E-state index contributed by atoms with van der Waals surface area (Å²) in [4.78, 5) is 22.4. The second kappa shape index (κ2) is 6.78. The number of carbonyl (C=O) groups excluding carboxylic acids is 2. The summed E-state index contributed by atoms with van der Waals surface area (Å²) >= 11 is 0. The summed E-state index contributed by atoms with van der Waals surface area (Å²) in [6.45, 7) is 3.82. The first-order valence-corrected chi connectivity index (χ1v) is 6.12. The van der Waals surface area contributed by atoms with E-state index in [-0.39, 0.29) is 5.92 Å². The third-order valence-electron chi connectivity index (χ3n) is 3.04. The van der Waals surface area contributed by atoms with E-state index in [1.807, 2.05) is 13.8 Å². The van der Waals surface area contributed by atoms with Gasteiger partial charge in [-0.25, -0.2) is 0 Å². The molecule has 0 aliphatic heterocycles. The molecule has 0 bridgehead atoms. The number of aldehydes is 1. The molecule has 0 heterocycles. The zero-order chi connectivity index (χ0) is 14.4. The van der Waals surface area contributed by atoms with Crippen molar-refractivity contribution in [1.82, 2.24) is 0 Å². The van der Waals surface area contributed by atoms with Crippen molar-refractivity contribution in [3.8, 4) is 11.5 Å². The molecule has 19 heavy (non-hydrogen) atoms. The molecule has 0 spiro atoms. The second-order valence-corrected chi connectivity index (χ2v) is 4.35. The Hall–Kier alpha value is -2.04. The smallest absolute Gasteiger partial charge is 0.258 e. The van der Waals surface area contributed by atoms with Crippen LogP contribution in [0, 0.1) is 5.92 Å². The minimum atomic E-state index is -0.753. The van der Waals surface area contributed by atoms with Crippen LogP contribution in [0.1, 0.15) is 30.6 Å². The highest BCUT2D eigenvalue weighted by Gasteiger charge is 2.24. The number of methoxy groups -OCH3 is 1. The standard InChI is InChI=1S/C14H19NO4/c1-4-9(2)13(14(15)17)19-12-6-5-11(18-3)7-10(12)8-16/h5-9,13H,4H2,1-3H3,(H2,15,17). The number of amides is 1. The number of carbonyl (C=O) groups is 2. The Bertz CT molecular complexity index is 459. The van der Waals surface area contributed by atoms with Gasteiger partial charge in [-0.05, 0) is 24.6 Å². The molecule has 0 aromatic heterocycles. The number of nitrogens with two attached hydrogens (primary N) is 1. The van der Waals surface area contributed by atoms with Crippen LogP contribution in [0.2, 0.25) is 0 Å². The van der Waals surface area contributed by atoms with Gasteiger partial charge in [0.15, 0.2) is 12.4 Å². The molecule has 1 rings (SSSR count). The molecular weight excluding hydrogens is 246 g/mol. The summed E-state index contributed by atoms with van der Waals surface area (Å²) in [5.41, 5.74) is 5.66. The number of hydrogen-bond donors (Lipinski definition) is 1. The lowest BCUT2D eigenvalue weighted by Gasteiger charge is -2.22. The molecular formula is C14H19NO4. The molecule has 0 aliphatic rings. The van der Waals surface area contributed by atoms with Gasteiger partial charge in [-0.1, -0.05) is 13.8 Å². The fraction of sp³-hybridized carbons (Fsp3) is 0.429. The van der Waals surface area contributed by atoms with Gasteiger partial charge < -0.3 is 15.2 Å². The van der Waals surface area contributed by atoms with Crippen molar-refractivity contribution in [2.45, 2.75) is 26.4 Å². The normalized spacial score (nSPS) is 13.4. The highest BCUT2D eigenvalue weighted by atomic mass is 16.5. The largest absolute Gasteiger partial charge is 0.497 e. The first-order valence-electron chi connectivity index (χ1n) is 6.12. The van der Waals surface area contributed by atoms with Crippen molar-refractivity contribution < 1.29 is 19.1 Å². The van der Waals surface area contributed by atoms with Crippen molar-refractivity contribution >= 4 is 12.2 Å². The van der Waals surface area contributed by atoms with Crippen LogP contribution in [0.25, 0.3) is 0 Å². The molecule has 0 radical (unpaired) electrons. The van der Waals surface area contributed by atoms with Gasteiger partial charge in [0, 0.05) is 5.92 Å². The number of hydrogen-bond acceptors (Lipinski definition) is 4. The number of rotatable bonds is 7. The van der Waals surface area contributed by atoms with E-state index in [0.29, 0.717) is 23.3 Å². The first-order chi connectivity index (χ1) is 9.03. The van der Waals surface area contributed by atoms with Gasteiger partial charge in [0.05, 0.1) is 12.7 Å². The zero-order valence-electron chi connectivity index (χ0n) is 11.4. The molecule has 2 unspecified atom stereocenters. The minimum Gasteiger partial charge on any atom is -0.497 e. The number of benzene rings is 1. The summed E-state index contributed by atoms with van der Waals surface area (Å²) in [6.07, 6.45) is 0.657. The van der Waals surface area contributed by atoms with E-state index in [0.717, 1.165) is 6.42 Å². The maximum absolute atomic E-state index is 11.4. The van der Waals surface area contributed by atoms with Crippen molar-refractivity contribution in [3.05, 3.63) is 23.8 Å². The quantitative estimate of drug-likeness (QED) is 0.762. The molecule has 0 saturated carbocycles. The summed E-state index contributed by atoms with van der Waals surface area (Å²) in [7, 11) is 1.51. The van der Waals surface area contributed by atoms with Crippen LogP contribution in [0.5, 0.6) is 11.5 Å². The lowest BCUT2D eigenvalue weighted by Crippen LogP contribution is -2.39. The van der Waals surface area contributed by atoms with Crippen LogP contribution in [-0.2, 0) is 4.79 Å². The summed E-state index contributed by atoms with van der Waals surface area (Å²) in [5, 5.41) is 0. The van der Waals surface area contributed by atoms with Crippen LogP contribution in [0.15, 0.2) is 18.2 Å². The van der Waals surface area contributed by atoms with E-state index in [1.165, 1.54) is 7.11 Å². The fourth-order valence-electron chi connectivity index (χ4n) is 1.66. The van der Waals surface area contributed by atoms with Crippen LogP contribution < -0.4 is 15.2 Å². The molecule has 1 aromatic rings. The third kappa shape index (κ3) is 3.71. The lowest BCUT2D eigenvalue weighted by atomic mass is 10.0. The van der Waals surface area contributed by atoms with Crippen molar-refractivity contribution in [2.24, 2.45) is 11.7 Å². The van der Waals surface area contributed by atoms with Crippen LogP contribution >= 0.6 is 0 Å². The Morgan fingerprint density at radius 3 is 2.63 bits per heavy atom. The highest BCUT2D eigenvalue weighted by Crippen LogP contribution is 2.25. The van der Waals surface area contributed by atoms with Crippen LogP contribution in [0.3, 0.4) is 0 Å². The molecule has 1 aromatic carbocycles. The van der Waals surface area contributed by atoms with Crippen LogP contribution in [0.4, 0.5) is 0 Å². The Morgan fingerprint density at radius 2 is 2.16 bits per heavy atom. The van der Waals surface area contributed by atoms with Gasteiger partial charge in [-0.15, -0.1) is 0 Å². The Kier molecular flexibility index (Phi) is 5.36. The van der Waals surface area contributed by atoms with Crippen molar-refractivity contribution in [2.75, 3.05) is 7.11 Å². The molecule has 0 saturated heterocycles. The SMILES string of the molecule is CCC(C)C(Oc1ccc(OC)cc1C=O)C(N)=O. The van der Waals surface area contributed by atoms with E-state index < -0.39 is 12.0 Å². The average Bonchev–Trinajstić information content (AvgIpc) is 2.43. The first kappa shape index (κ1) is 15.0. The molecule has 2 N–H and O–H groups in total. The Labute approximate surface area is 112 Å². The molecule has 5 nitrogen and oxygen atoms in total. The highest BCUT2D eigenvalue weighted by molar-refractivity contribution is 5.82. The molecule has 0 aliphatic carbocycles.